The molecule has 0 heterocycles. The maximum absolute atomic E-state index is 2.88. The van der Waals surface area contributed by atoms with Gasteiger partial charge in [-0.05, 0) is 0 Å². The van der Waals surface area contributed by atoms with Crippen LogP contribution in [0.1, 0.15) is 22.3 Å². The number of rotatable bonds is 8. The number of benzene rings is 4. The molecule has 30 heavy (non-hydrogen) atoms. The van der Waals surface area contributed by atoms with Crippen LogP contribution in [0.25, 0.3) is 0 Å². The molecule has 0 aromatic heterocycles. The monoisotopic (exact) mass is 608 g/mol. The Bertz CT molecular complexity index is 814. The van der Waals surface area contributed by atoms with E-state index in [2.05, 4.69) is 121 Å². The van der Waals surface area contributed by atoms with Gasteiger partial charge in [0, 0.05) is 19.5 Å². The summed E-state index contributed by atoms with van der Waals surface area (Å²) < 4.78 is 5.14. The van der Waals surface area contributed by atoms with E-state index in [1.54, 1.807) is 0 Å². The van der Waals surface area contributed by atoms with E-state index in [1.807, 2.05) is 0 Å². The molecule has 0 bridgehead atoms. The molecule has 2 heteroatoms. The molecule has 0 atom stereocenters. The molecular weight excluding hydrogens is 580 g/mol. The quantitative estimate of drug-likeness (QED) is 0.190. The molecule has 0 aliphatic rings. The molecule has 0 spiro atoms. The van der Waals surface area contributed by atoms with E-state index in [9.17, 15) is 0 Å². The zero-order valence-corrected chi connectivity index (χ0v) is 24.1. The van der Waals surface area contributed by atoms with Crippen LogP contribution in [0.4, 0.5) is 0 Å². The summed E-state index contributed by atoms with van der Waals surface area (Å²) in [5.74, 6) is 0. The van der Waals surface area contributed by atoms with E-state index in [0.717, 1.165) is 0 Å². The van der Waals surface area contributed by atoms with Crippen molar-refractivity contribution in [3.63, 3.8) is 0 Å². The Morgan fingerprint density at radius 3 is 0.733 bits per heavy atom. The van der Waals surface area contributed by atoms with Gasteiger partial charge in [-0.25, -0.2) is 0 Å². The van der Waals surface area contributed by atoms with Gasteiger partial charge in [0.1, 0.15) is 0 Å². The van der Waals surface area contributed by atoms with Gasteiger partial charge in [-0.3, -0.25) is 0 Å². The summed E-state index contributed by atoms with van der Waals surface area (Å²) in [6.07, 6.45) is 0. The summed E-state index contributed by atoms with van der Waals surface area (Å²) >= 11 is -2.88. The van der Waals surface area contributed by atoms with Crippen LogP contribution in [-0.2, 0) is 56.2 Å². The summed E-state index contributed by atoms with van der Waals surface area (Å²) in [4.78, 5) is 0. The van der Waals surface area contributed by atoms with E-state index >= 15 is 0 Å². The third-order valence-electron chi connectivity index (χ3n) is 5.69. The molecule has 146 valence electrons. The first kappa shape index (κ1) is 23.0. The van der Waals surface area contributed by atoms with Gasteiger partial charge in [-0.15, -0.1) is 0 Å². The van der Waals surface area contributed by atoms with Crippen molar-refractivity contribution in [2.75, 3.05) is 0 Å². The van der Waals surface area contributed by atoms with Crippen LogP contribution >= 0.6 is 0 Å². The van der Waals surface area contributed by atoms with Crippen molar-refractivity contribution in [1.82, 2.24) is 0 Å². The van der Waals surface area contributed by atoms with Crippen LogP contribution < -0.4 is 0 Å². The van der Waals surface area contributed by atoms with Gasteiger partial charge in [0.25, 0.3) is 0 Å². The van der Waals surface area contributed by atoms with Gasteiger partial charge in [0.15, 0.2) is 0 Å². The number of hydrogen-bond donors (Lipinski definition) is 0. The van der Waals surface area contributed by atoms with Crippen molar-refractivity contribution in [3.05, 3.63) is 144 Å². The second-order valence-corrected chi connectivity index (χ2v) is 24.0. The summed E-state index contributed by atoms with van der Waals surface area (Å²) in [5.41, 5.74) is 6.04. The van der Waals surface area contributed by atoms with E-state index in [0.29, 0.717) is 0 Å². The Hall–Kier alpha value is -1.63. The van der Waals surface area contributed by atoms with E-state index in [1.165, 1.54) is 39.0 Å². The molecule has 0 fully saturated rings. The Balaban J connectivity index is 0.00000256. The summed E-state index contributed by atoms with van der Waals surface area (Å²) in [6.45, 7) is 0. The SMILES string of the molecule is [Zn].c1ccc([CH2][Hf]([CH2]c2ccccc2)([CH2]c2ccccc2)[CH2]c2ccccc2)cc1. The molecule has 0 saturated carbocycles. The van der Waals surface area contributed by atoms with Crippen LogP contribution in [0.2, 0.25) is 0 Å². The zero-order valence-electron chi connectivity index (χ0n) is 17.6. The fraction of sp³-hybridized carbons (Fsp3) is 0.143. The van der Waals surface area contributed by atoms with Crippen LogP contribution in [0.5, 0.6) is 0 Å². The third kappa shape index (κ3) is 6.69. The Morgan fingerprint density at radius 1 is 0.333 bits per heavy atom. The maximum atomic E-state index is 2.33. The van der Waals surface area contributed by atoms with Gasteiger partial charge in [0.05, 0.1) is 0 Å². The van der Waals surface area contributed by atoms with Gasteiger partial charge in [-0.1, -0.05) is 0 Å². The first-order valence-corrected chi connectivity index (χ1v) is 20.6. The fourth-order valence-corrected chi connectivity index (χ4v) is 23.0. The first-order chi connectivity index (χ1) is 14.3. The standard InChI is InChI=1S/4C7H7.Hf.Zn/c4*1-7-5-3-2-4-6-7;;/h4*2-6H,1H2;;. The topological polar surface area (TPSA) is 0 Å². The van der Waals surface area contributed by atoms with Crippen molar-refractivity contribution in [3.8, 4) is 0 Å². The van der Waals surface area contributed by atoms with Crippen LogP contribution in [0.3, 0.4) is 0 Å². The minimum absolute atomic E-state index is 0. The molecule has 4 aromatic rings. The minimum atomic E-state index is -2.88. The van der Waals surface area contributed by atoms with Crippen LogP contribution in [-0.4, -0.2) is 0 Å². The predicted octanol–water partition coefficient (Wildman–Crippen LogP) is 6.94. The molecule has 0 N–H and O–H groups in total. The molecule has 0 aliphatic heterocycles. The summed E-state index contributed by atoms with van der Waals surface area (Å²) in [7, 11) is 0. The summed E-state index contributed by atoms with van der Waals surface area (Å²) in [6, 6.07) is 44.7. The predicted molar refractivity (Wildman–Crippen MR) is 121 cm³/mol. The molecule has 4 aromatic carbocycles. The normalized spacial score (nSPS) is 10.9. The van der Waals surface area contributed by atoms with Gasteiger partial charge < -0.3 is 0 Å². The van der Waals surface area contributed by atoms with Gasteiger partial charge in [-0.2, -0.15) is 0 Å². The second kappa shape index (κ2) is 11.7. The van der Waals surface area contributed by atoms with E-state index in [-0.39, 0.29) is 19.5 Å². The zero-order chi connectivity index (χ0) is 19.8. The van der Waals surface area contributed by atoms with Gasteiger partial charge >= 0.3 is 180 Å². The fourth-order valence-electron chi connectivity index (χ4n) is 4.49. The molecule has 0 unspecified atom stereocenters. The van der Waals surface area contributed by atoms with Crippen molar-refractivity contribution in [1.29, 1.82) is 0 Å². The van der Waals surface area contributed by atoms with Gasteiger partial charge in [0.2, 0.25) is 0 Å². The second-order valence-electron chi connectivity index (χ2n) is 8.15. The Morgan fingerprint density at radius 2 is 0.533 bits per heavy atom. The van der Waals surface area contributed by atoms with Crippen molar-refractivity contribution in [2.24, 2.45) is 0 Å². The van der Waals surface area contributed by atoms with Crippen LogP contribution in [0, 0.1) is 0 Å². The average molecular weight is 608 g/mol. The van der Waals surface area contributed by atoms with E-state index in [4.69, 9.17) is 0 Å². The Labute approximate surface area is 198 Å². The van der Waals surface area contributed by atoms with Crippen LogP contribution in [0.15, 0.2) is 121 Å². The van der Waals surface area contributed by atoms with Crippen molar-refractivity contribution < 1.29 is 39.4 Å². The summed E-state index contributed by atoms with van der Waals surface area (Å²) in [5, 5.41) is 0. The molecule has 0 aliphatic carbocycles. The molecular formula is C28H28HfZn. The Kier molecular flexibility index (Phi) is 8.97. The first-order valence-electron chi connectivity index (χ1n) is 10.5. The molecule has 0 amide bonds. The third-order valence-corrected chi connectivity index (χ3v) is 22.3. The average Bonchev–Trinajstić information content (AvgIpc) is 2.76. The van der Waals surface area contributed by atoms with Crippen molar-refractivity contribution >= 4 is 0 Å². The molecule has 0 nitrogen and oxygen atoms in total. The van der Waals surface area contributed by atoms with Crippen molar-refractivity contribution in [2.45, 2.75) is 16.7 Å². The molecule has 0 saturated heterocycles. The molecule has 0 radical (unpaired) electrons. The number of hydrogen-bond acceptors (Lipinski definition) is 0. The molecule has 4 rings (SSSR count). The van der Waals surface area contributed by atoms with E-state index < -0.39 is 20.0 Å².